The van der Waals surface area contributed by atoms with Crippen LogP contribution in [0.4, 0.5) is 5.13 Å². The summed E-state index contributed by atoms with van der Waals surface area (Å²) in [6.07, 6.45) is 0. The Morgan fingerprint density at radius 2 is 1.85 bits per heavy atom. The van der Waals surface area contributed by atoms with E-state index < -0.39 is 17.7 Å². The second-order valence-corrected chi connectivity index (χ2v) is 10.6. The smallest absolute Gasteiger partial charge is 0.301 e. The number of hydrogen-bond acceptors (Lipinski definition) is 8. The number of aliphatic hydroxyl groups is 1. The lowest BCUT2D eigenvalue weighted by Gasteiger charge is -2.23. The number of anilines is 1. The molecule has 0 aliphatic carbocycles. The average Bonchev–Trinajstić information content (AvgIpc) is 3.47. The molecule has 1 N–H and O–H groups in total. The first-order valence-electron chi connectivity index (χ1n) is 12.0. The maximum absolute atomic E-state index is 13.5. The van der Waals surface area contributed by atoms with Crippen molar-refractivity contribution in [1.82, 2.24) is 4.98 Å². The van der Waals surface area contributed by atoms with Gasteiger partial charge in [0.05, 0.1) is 38.5 Å². The first kappa shape index (κ1) is 25.5. The van der Waals surface area contributed by atoms with Crippen molar-refractivity contribution in [2.24, 2.45) is 0 Å². The molecule has 2 aliphatic heterocycles. The minimum Gasteiger partial charge on any atom is -0.507 e. The van der Waals surface area contributed by atoms with Crippen molar-refractivity contribution in [3.63, 3.8) is 0 Å². The average molecular weight is 583 g/mol. The summed E-state index contributed by atoms with van der Waals surface area (Å²) in [5.74, 6) is -0.408. The second-order valence-electron chi connectivity index (χ2n) is 8.76. The van der Waals surface area contributed by atoms with Gasteiger partial charge in [-0.3, -0.25) is 14.5 Å². The first-order chi connectivity index (χ1) is 18.9. The number of aromatic nitrogens is 1. The number of ether oxygens (including phenoxy) is 3. The number of rotatable bonds is 5. The van der Waals surface area contributed by atoms with Crippen molar-refractivity contribution < 1.29 is 28.9 Å². The normalized spacial score (nSPS) is 18.1. The number of carbonyl (C=O) groups is 2. The van der Waals surface area contributed by atoms with Gasteiger partial charge in [-0.2, -0.15) is 0 Å². The third-order valence-corrected chi connectivity index (χ3v) is 8.14. The van der Waals surface area contributed by atoms with Gasteiger partial charge in [-0.25, -0.2) is 4.98 Å². The summed E-state index contributed by atoms with van der Waals surface area (Å²) >= 11 is 13.7. The zero-order chi connectivity index (χ0) is 27.3. The molecule has 1 fully saturated rings. The van der Waals surface area contributed by atoms with Crippen LogP contribution in [-0.4, -0.2) is 41.6 Å². The molecule has 198 valence electrons. The Kier molecular flexibility index (Phi) is 6.58. The number of carbonyl (C=O) groups excluding carboxylic acids is 2. The lowest BCUT2D eigenvalue weighted by atomic mass is 9.95. The summed E-state index contributed by atoms with van der Waals surface area (Å²) < 4.78 is 17.6. The number of aliphatic hydroxyl groups excluding tert-OH is 1. The van der Waals surface area contributed by atoms with Crippen LogP contribution < -0.4 is 19.1 Å². The summed E-state index contributed by atoms with van der Waals surface area (Å²) in [5.41, 5.74) is 1.31. The zero-order valence-corrected chi connectivity index (χ0v) is 22.8. The molecule has 2 aliphatic rings. The highest BCUT2D eigenvalue weighted by Gasteiger charge is 2.48. The summed E-state index contributed by atoms with van der Waals surface area (Å²) in [7, 11) is 0. The fraction of sp³-hybridized carbons (Fsp3) is 0.179. The molecule has 1 saturated heterocycles. The third kappa shape index (κ3) is 4.46. The largest absolute Gasteiger partial charge is 0.507 e. The molecule has 3 aromatic carbocycles. The number of hydrogen-bond donors (Lipinski definition) is 1. The van der Waals surface area contributed by atoms with Crippen molar-refractivity contribution in [2.75, 3.05) is 24.7 Å². The van der Waals surface area contributed by atoms with Gasteiger partial charge >= 0.3 is 5.91 Å². The van der Waals surface area contributed by atoms with Gasteiger partial charge in [0.1, 0.15) is 24.7 Å². The van der Waals surface area contributed by atoms with E-state index >= 15 is 0 Å². The minimum atomic E-state index is -1.01. The topological polar surface area (TPSA) is 98.2 Å². The van der Waals surface area contributed by atoms with E-state index in [0.717, 1.165) is 4.70 Å². The summed E-state index contributed by atoms with van der Waals surface area (Å²) in [6.45, 7) is 3.16. The molecular formula is C28H20Cl2N2O6S. The van der Waals surface area contributed by atoms with Gasteiger partial charge < -0.3 is 19.3 Å². The standard InChI is InChI=1S/C28H20Cl2N2O6S/c1-2-36-16-5-7-19-22(13-16)39-28(31-19)32-24(14-3-6-17(29)18(30)11-14)23(26(34)27(32)35)25(33)15-4-8-20-21(12-15)38-10-9-37-20/h3-8,11-13,24,33H,2,9-10H2,1H3/b25-23+. The van der Waals surface area contributed by atoms with Crippen molar-refractivity contribution >= 4 is 67.3 Å². The van der Waals surface area contributed by atoms with Crippen molar-refractivity contribution in [1.29, 1.82) is 0 Å². The summed E-state index contributed by atoms with van der Waals surface area (Å²) in [6, 6.07) is 14.1. The fourth-order valence-corrected chi connectivity index (χ4v) is 5.95. The van der Waals surface area contributed by atoms with Gasteiger partial charge in [0.2, 0.25) is 0 Å². The Labute approximate surface area is 236 Å². The van der Waals surface area contributed by atoms with Crippen LogP contribution in [0.5, 0.6) is 17.2 Å². The van der Waals surface area contributed by atoms with Crippen molar-refractivity contribution in [2.45, 2.75) is 13.0 Å². The zero-order valence-electron chi connectivity index (χ0n) is 20.4. The SMILES string of the molecule is CCOc1ccc2nc(N3C(=O)C(=O)/C(=C(/O)c4ccc5c(c4)OCCO5)C3c3ccc(Cl)c(Cl)c3)sc2c1. The van der Waals surface area contributed by atoms with Gasteiger partial charge in [-0.15, -0.1) is 0 Å². The van der Waals surface area contributed by atoms with E-state index in [2.05, 4.69) is 4.98 Å². The lowest BCUT2D eigenvalue weighted by Crippen LogP contribution is -2.29. The van der Waals surface area contributed by atoms with E-state index in [-0.39, 0.29) is 21.5 Å². The molecule has 1 amide bonds. The van der Waals surface area contributed by atoms with Crippen molar-refractivity contribution in [3.05, 3.63) is 81.3 Å². The van der Waals surface area contributed by atoms with Crippen LogP contribution >= 0.6 is 34.5 Å². The third-order valence-electron chi connectivity index (χ3n) is 6.39. The van der Waals surface area contributed by atoms with E-state index in [1.54, 1.807) is 48.5 Å². The van der Waals surface area contributed by atoms with Crippen LogP contribution in [0.1, 0.15) is 24.1 Å². The van der Waals surface area contributed by atoms with E-state index in [1.165, 1.54) is 16.2 Å². The molecule has 4 aromatic rings. The number of halogens is 2. The monoisotopic (exact) mass is 582 g/mol. The maximum atomic E-state index is 13.5. The van der Waals surface area contributed by atoms with E-state index in [9.17, 15) is 14.7 Å². The van der Waals surface area contributed by atoms with E-state index in [1.807, 2.05) is 13.0 Å². The predicted molar refractivity (Wildman–Crippen MR) is 149 cm³/mol. The predicted octanol–water partition coefficient (Wildman–Crippen LogP) is 6.40. The Bertz CT molecular complexity index is 1680. The quantitative estimate of drug-likeness (QED) is 0.165. The lowest BCUT2D eigenvalue weighted by molar-refractivity contribution is -0.132. The number of Topliss-reactive ketones (excluding diaryl/α,β-unsaturated/α-hetero) is 1. The summed E-state index contributed by atoms with van der Waals surface area (Å²) in [4.78, 5) is 33.0. The van der Waals surface area contributed by atoms with Gasteiger partial charge in [-0.05, 0) is 61.0 Å². The number of ketones is 1. The number of nitrogens with zero attached hydrogens (tertiary/aromatic N) is 2. The van der Waals surface area contributed by atoms with Crippen LogP contribution in [0.15, 0.2) is 60.2 Å². The molecule has 6 rings (SSSR count). The van der Waals surface area contributed by atoms with Gasteiger partial charge in [0.15, 0.2) is 16.6 Å². The molecular weight excluding hydrogens is 563 g/mol. The molecule has 0 saturated carbocycles. The van der Waals surface area contributed by atoms with Crippen LogP contribution in [0.25, 0.3) is 16.0 Å². The van der Waals surface area contributed by atoms with Gasteiger partial charge in [0.25, 0.3) is 5.78 Å². The number of benzene rings is 3. The van der Waals surface area contributed by atoms with Gasteiger partial charge in [-0.1, -0.05) is 40.6 Å². The Morgan fingerprint density at radius 1 is 1.05 bits per heavy atom. The Balaban J connectivity index is 1.52. The van der Waals surface area contributed by atoms with Crippen LogP contribution in [0.3, 0.4) is 0 Å². The van der Waals surface area contributed by atoms with Crippen LogP contribution in [0, 0.1) is 0 Å². The molecule has 39 heavy (non-hydrogen) atoms. The molecule has 0 spiro atoms. The van der Waals surface area contributed by atoms with Gasteiger partial charge in [0, 0.05) is 5.56 Å². The van der Waals surface area contributed by atoms with Crippen LogP contribution in [-0.2, 0) is 9.59 Å². The Morgan fingerprint density at radius 3 is 2.62 bits per heavy atom. The molecule has 1 atom stereocenters. The summed E-state index contributed by atoms with van der Waals surface area (Å²) in [5, 5.41) is 12.3. The molecule has 0 bridgehead atoms. The van der Waals surface area contributed by atoms with Crippen molar-refractivity contribution in [3.8, 4) is 17.2 Å². The van der Waals surface area contributed by atoms with Crippen LogP contribution in [0.2, 0.25) is 10.0 Å². The molecule has 8 nitrogen and oxygen atoms in total. The second kappa shape index (κ2) is 10.1. The van der Waals surface area contributed by atoms with E-state index in [0.29, 0.717) is 58.7 Å². The number of fused-ring (bicyclic) bond motifs is 2. The maximum Gasteiger partial charge on any atom is 0.301 e. The first-order valence-corrected chi connectivity index (χ1v) is 13.6. The fourth-order valence-electron chi connectivity index (χ4n) is 4.63. The molecule has 3 heterocycles. The highest BCUT2D eigenvalue weighted by molar-refractivity contribution is 7.22. The van der Waals surface area contributed by atoms with E-state index in [4.69, 9.17) is 37.4 Å². The molecule has 0 radical (unpaired) electrons. The molecule has 11 heteroatoms. The highest BCUT2D eigenvalue weighted by Crippen LogP contribution is 2.46. The number of amides is 1. The molecule has 1 unspecified atom stereocenters. The Hall–Kier alpha value is -3.79. The minimum absolute atomic E-state index is 0.107. The highest BCUT2D eigenvalue weighted by atomic mass is 35.5. The molecule has 1 aromatic heterocycles. The number of thiazole rings is 1.